The third kappa shape index (κ3) is 7.43. The molecule has 10 heavy (non-hydrogen) atoms. The predicted octanol–water partition coefficient (Wildman–Crippen LogP) is 0.678. The second kappa shape index (κ2) is 6.55. The molecule has 3 nitrogen and oxygen atoms in total. The summed E-state index contributed by atoms with van der Waals surface area (Å²) in [4.78, 5) is 10.1. The summed E-state index contributed by atoms with van der Waals surface area (Å²) in [6, 6.07) is 0. The Morgan fingerprint density at radius 2 is 2.20 bits per heavy atom. The van der Waals surface area contributed by atoms with Crippen molar-refractivity contribution in [2.45, 2.75) is 26.2 Å². The maximum absolute atomic E-state index is 10.1. The number of hydrogen-bond donors (Lipinski definition) is 1. The molecule has 0 heterocycles. The Morgan fingerprint density at radius 3 is 2.70 bits per heavy atom. The van der Waals surface area contributed by atoms with Gasteiger partial charge in [0.05, 0.1) is 0 Å². The minimum atomic E-state index is -0.392. The molecular formula is C7H15NO2. The number of rotatable bonds is 6. The monoisotopic (exact) mass is 145 g/mol. The van der Waals surface area contributed by atoms with Crippen molar-refractivity contribution >= 4 is 5.91 Å². The first-order valence-corrected chi connectivity index (χ1v) is 3.63. The fourth-order valence-electron chi connectivity index (χ4n) is 0.627. The summed E-state index contributed by atoms with van der Waals surface area (Å²) in [7, 11) is 0. The average Bonchev–Trinajstić information content (AvgIpc) is 1.87. The zero-order valence-electron chi connectivity index (χ0n) is 6.43. The van der Waals surface area contributed by atoms with E-state index in [0.717, 1.165) is 12.8 Å². The van der Waals surface area contributed by atoms with Gasteiger partial charge in [0.15, 0.2) is 0 Å². The molecule has 0 bridgehead atoms. The smallest absolute Gasteiger partial charge is 0.243 e. The molecular weight excluding hydrogens is 130 g/mol. The van der Waals surface area contributed by atoms with Crippen LogP contribution in [0.4, 0.5) is 0 Å². The summed E-state index contributed by atoms with van der Waals surface area (Å²) in [5.41, 5.74) is 4.84. The molecule has 0 radical (unpaired) electrons. The van der Waals surface area contributed by atoms with Crippen molar-refractivity contribution in [1.29, 1.82) is 0 Å². The SMILES string of the molecule is CCCCCOCC(N)=O. The summed E-state index contributed by atoms with van der Waals surface area (Å²) in [6.07, 6.45) is 3.34. The first-order chi connectivity index (χ1) is 4.77. The fraction of sp³-hybridized carbons (Fsp3) is 0.857. The van der Waals surface area contributed by atoms with Gasteiger partial charge < -0.3 is 10.5 Å². The van der Waals surface area contributed by atoms with Gasteiger partial charge in [-0.2, -0.15) is 0 Å². The van der Waals surface area contributed by atoms with E-state index >= 15 is 0 Å². The molecule has 0 aliphatic rings. The van der Waals surface area contributed by atoms with E-state index in [1.54, 1.807) is 0 Å². The molecule has 60 valence electrons. The van der Waals surface area contributed by atoms with Gasteiger partial charge in [-0.05, 0) is 6.42 Å². The molecule has 0 aromatic heterocycles. The Balaban J connectivity index is 2.84. The van der Waals surface area contributed by atoms with Crippen molar-refractivity contribution in [2.75, 3.05) is 13.2 Å². The highest BCUT2D eigenvalue weighted by molar-refractivity contribution is 5.74. The van der Waals surface area contributed by atoms with Crippen molar-refractivity contribution in [2.24, 2.45) is 5.73 Å². The van der Waals surface area contributed by atoms with Crippen LogP contribution in [0.1, 0.15) is 26.2 Å². The van der Waals surface area contributed by atoms with Crippen molar-refractivity contribution in [3.05, 3.63) is 0 Å². The second-order valence-electron chi connectivity index (χ2n) is 2.23. The van der Waals surface area contributed by atoms with Gasteiger partial charge in [0, 0.05) is 6.61 Å². The lowest BCUT2D eigenvalue weighted by Gasteiger charge is -1.98. The van der Waals surface area contributed by atoms with E-state index in [9.17, 15) is 4.79 Å². The molecule has 1 amide bonds. The Labute approximate surface area is 61.5 Å². The molecule has 0 saturated heterocycles. The highest BCUT2D eigenvalue weighted by Crippen LogP contribution is 1.93. The third-order valence-electron chi connectivity index (χ3n) is 1.14. The molecule has 0 saturated carbocycles. The van der Waals surface area contributed by atoms with Crippen molar-refractivity contribution in [1.82, 2.24) is 0 Å². The van der Waals surface area contributed by atoms with Crippen LogP contribution < -0.4 is 5.73 Å². The Bertz CT molecular complexity index is 93.6. The first kappa shape index (κ1) is 9.43. The lowest BCUT2D eigenvalue weighted by molar-refractivity contribution is -0.122. The number of amides is 1. The van der Waals surface area contributed by atoms with Crippen molar-refractivity contribution in [3.63, 3.8) is 0 Å². The molecule has 0 aliphatic carbocycles. The van der Waals surface area contributed by atoms with Gasteiger partial charge in [0.1, 0.15) is 6.61 Å². The van der Waals surface area contributed by atoms with Gasteiger partial charge >= 0.3 is 0 Å². The van der Waals surface area contributed by atoms with Gasteiger partial charge in [-0.25, -0.2) is 0 Å². The molecule has 0 atom stereocenters. The lowest BCUT2D eigenvalue weighted by Crippen LogP contribution is -2.18. The van der Waals surface area contributed by atoms with Crippen molar-refractivity contribution < 1.29 is 9.53 Å². The summed E-state index contributed by atoms with van der Waals surface area (Å²) in [5.74, 6) is -0.392. The number of nitrogens with two attached hydrogens (primary N) is 1. The normalized spacial score (nSPS) is 9.70. The molecule has 0 aromatic rings. The zero-order valence-corrected chi connectivity index (χ0v) is 6.43. The quantitative estimate of drug-likeness (QED) is 0.559. The topological polar surface area (TPSA) is 52.3 Å². The number of carbonyl (C=O) groups excluding carboxylic acids is 1. The van der Waals surface area contributed by atoms with E-state index in [1.165, 1.54) is 6.42 Å². The summed E-state index contributed by atoms with van der Waals surface area (Å²) < 4.78 is 4.92. The second-order valence-corrected chi connectivity index (χ2v) is 2.23. The van der Waals surface area contributed by atoms with Crippen LogP contribution in [0, 0.1) is 0 Å². The van der Waals surface area contributed by atoms with Crippen LogP contribution in [0.2, 0.25) is 0 Å². The largest absolute Gasteiger partial charge is 0.372 e. The molecule has 0 spiro atoms. The van der Waals surface area contributed by atoms with E-state index in [4.69, 9.17) is 10.5 Å². The van der Waals surface area contributed by atoms with E-state index in [-0.39, 0.29) is 6.61 Å². The Kier molecular flexibility index (Phi) is 6.18. The Morgan fingerprint density at radius 1 is 1.50 bits per heavy atom. The average molecular weight is 145 g/mol. The van der Waals surface area contributed by atoms with Gasteiger partial charge in [0.2, 0.25) is 5.91 Å². The Hall–Kier alpha value is -0.570. The van der Waals surface area contributed by atoms with Crippen LogP contribution >= 0.6 is 0 Å². The molecule has 2 N–H and O–H groups in total. The summed E-state index contributed by atoms with van der Waals surface area (Å²) >= 11 is 0. The van der Waals surface area contributed by atoms with E-state index in [1.807, 2.05) is 0 Å². The van der Waals surface area contributed by atoms with Gasteiger partial charge in [-0.15, -0.1) is 0 Å². The summed E-state index contributed by atoms with van der Waals surface area (Å²) in [6.45, 7) is 2.83. The van der Waals surface area contributed by atoms with Crippen LogP contribution in [-0.4, -0.2) is 19.1 Å². The minimum absolute atomic E-state index is 0.0592. The molecule has 0 rings (SSSR count). The van der Waals surface area contributed by atoms with Crippen LogP contribution in [0.5, 0.6) is 0 Å². The summed E-state index contributed by atoms with van der Waals surface area (Å²) in [5, 5.41) is 0. The highest BCUT2D eigenvalue weighted by atomic mass is 16.5. The molecule has 0 aromatic carbocycles. The number of unbranched alkanes of at least 4 members (excludes halogenated alkanes) is 2. The number of ether oxygens (including phenoxy) is 1. The van der Waals surface area contributed by atoms with Gasteiger partial charge in [-0.3, -0.25) is 4.79 Å². The van der Waals surface area contributed by atoms with Gasteiger partial charge in [0.25, 0.3) is 0 Å². The number of carbonyl (C=O) groups is 1. The molecule has 0 aliphatic heterocycles. The minimum Gasteiger partial charge on any atom is -0.372 e. The highest BCUT2D eigenvalue weighted by Gasteiger charge is 1.91. The van der Waals surface area contributed by atoms with Crippen LogP contribution in [0.25, 0.3) is 0 Å². The zero-order chi connectivity index (χ0) is 7.82. The molecule has 0 unspecified atom stereocenters. The van der Waals surface area contributed by atoms with E-state index in [0.29, 0.717) is 6.61 Å². The standard InChI is InChI=1S/C7H15NO2/c1-2-3-4-5-10-6-7(8)9/h2-6H2,1H3,(H2,8,9). The maximum atomic E-state index is 10.1. The number of primary amides is 1. The van der Waals surface area contributed by atoms with Crippen LogP contribution in [0.15, 0.2) is 0 Å². The van der Waals surface area contributed by atoms with E-state index < -0.39 is 5.91 Å². The van der Waals surface area contributed by atoms with Crippen LogP contribution in [-0.2, 0) is 9.53 Å². The molecule has 0 fully saturated rings. The van der Waals surface area contributed by atoms with Crippen molar-refractivity contribution in [3.8, 4) is 0 Å². The fourth-order valence-corrected chi connectivity index (χ4v) is 0.627. The number of hydrogen-bond acceptors (Lipinski definition) is 2. The van der Waals surface area contributed by atoms with Gasteiger partial charge in [-0.1, -0.05) is 19.8 Å². The first-order valence-electron chi connectivity index (χ1n) is 3.63. The van der Waals surface area contributed by atoms with Crippen LogP contribution in [0.3, 0.4) is 0 Å². The predicted molar refractivity (Wildman–Crippen MR) is 39.5 cm³/mol. The third-order valence-corrected chi connectivity index (χ3v) is 1.14. The molecule has 3 heteroatoms. The van der Waals surface area contributed by atoms with E-state index in [2.05, 4.69) is 6.92 Å². The lowest BCUT2D eigenvalue weighted by atomic mass is 10.3. The maximum Gasteiger partial charge on any atom is 0.243 e.